The second-order valence-corrected chi connectivity index (χ2v) is 6.26. The van der Waals surface area contributed by atoms with Gasteiger partial charge in [0.25, 0.3) is 5.89 Å². The Morgan fingerprint density at radius 3 is 2.83 bits per heavy atom. The Morgan fingerprint density at radius 2 is 2.03 bits per heavy atom. The number of imidazole rings is 1. The molecule has 1 N–H and O–H groups in total. The summed E-state index contributed by atoms with van der Waals surface area (Å²) in [5.74, 6) is 2.43. The SMILES string of the molecule is N#Cc1nc(-c2ccc(COc3ccccc3)o2)oc1NCCCn1ccnc1. The minimum absolute atomic E-state index is 0.195. The molecule has 3 aromatic heterocycles. The number of furan rings is 1. The number of hydrogen-bond acceptors (Lipinski definition) is 7. The number of hydrogen-bond donors (Lipinski definition) is 1. The number of rotatable bonds is 9. The number of anilines is 1. The summed E-state index contributed by atoms with van der Waals surface area (Å²) in [5, 5.41) is 12.4. The summed E-state index contributed by atoms with van der Waals surface area (Å²) in [5.41, 5.74) is 0.195. The summed E-state index contributed by atoms with van der Waals surface area (Å²) >= 11 is 0. The number of para-hydroxylation sites is 1. The molecule has 0 aliphatic heterocycles. The van der Waals surface area contributed by atoms with Gasteiger partial charge in [-0.3, -0.25) is 0 Å². The maximum atomic E-state index is 9.33. The Kier molecular flexibility index (Phi) is 5.58. The van der Waals surface area contributed by atoms with Crippen molar-refractivity contribution in [3.8, 4) is 23.5 Å². The minimum Gasteiger partial charge on any atom is -0.486 e. The van der Waals surface area contributed by atoms with Crippen molar-refractivity contribution in [2.75, 3.05) is 11.9 Å². The van der Waals surface area contributed by atoms with Gasteiger partial charge in [0.05, 0.1) is 6.33 Å². The molecule has 0 unspecified atom stereocenters. The molecule has 0 radical (unpaired) electrons. The van der Waals surface area contributed by atoms with E-state index in [-0.39, 0.29) is 18.2 Å². The van der Waals surface area contributed by atoms with Crippen molar-refractivity contribution in [3.63, 3.8) is 0 Å². The molecule has 0 spiro atoms. The highest BCUT2D eigenvalue weighted by Crippen LogP contribution is 2.27. The Hall–Kier alpha value is -3.99. The molecule has 0 saturated carbocycles. The molecule has 0 saturated heterocycles. The first-order valence-electron chi connectivity index (χ1n) is 9.19. The van der Waals surface area contributed by atoms with E-state index in [2.05, 4.69) is 15.3 Å². The summed E-state index contributed by atoms with van der Waals surface area (Å²) in [4.78, 5) is 8.23. The maximum Gasteiger partial charge on any atom is 0.266 e. The third kappa shape index (κ3) is 4.65. The maximum absolute atomic E-state index is 9.33. The highest BCUT2D eigenvalue weighted by molar-refractivity contribution is 5.54. The zero-order valence-electron chi connectivity index (χ0n) is 15.6. The van der Waals surface area contributed by atoms with Gasteiger partial charge in [-0.15, -0.1) is 0 Å². The van der Waals surface area contributed by atoms with E-state index < -0.39 is 0 Å². The van der Waals surface area contributed by atoms with Crippen LogP contribution in [0.2, 0.25) is 0 Å². The van der Waals surface area contributed by atoms with Crippen molar-refractivity contribution < 1.29 is 13.6 Å². The van der Waals surface area contributed by atoms with E-state index in [4.69, 9.17) is 13.6 Å². The standard InChI is InChI=1S/C21H19N5O3/c22-13-18-20(24-9-4-11-26-12-10-23-15-26)29-21(25-18)19-8-7-17(28-19)14-27-16-5-2-1-3-6-16/h1-3,5-8,10,12,15,24H,4,9,11,14H2. The van der Waals surface area contributed by atoms with E-state index in [1.54, 1.807) is 24.7 Å². The Balaban J connectivity index is 1.36. The predicted octanol–water partition coefficient (Wildman–Crippen LogP) is 4.08. The van der Waals surface area contributed by atoms with Crippen LogP contribution in [0.15, 0.2) is 70.0 Å². The van der Waals surface area contributed by atoms with Crippen molar-refractivity contribution in [3.05, 3.63) is 72.6 Å². The van der Waals surface area contributed by atoms with Gasteiger partial charge < -0.3 is 23.5 Å². The van der Waals surface area contributed by atoms with Gasteiger partial charge in [-0.2, -0.15) is 10.2 Å². The second kappa shape index (κ2) is 8.80. The number of nitrogens with one attached hydrogen (secondary N) is 1. The van der Waals surface area contributed by atoms with Crippen LogP contribution in [-0.4, -0.2) is 21.1 Å². The number of ether oxygens (including phenoxy) is 1. The molecule has 8 nitrogen and oxygen atoms in total. The summed E-state index contributed by atoms with van der Waals surface area (Å²) in [6.07, 6.45) is 6.26. The summed E-state index contributed by atoms with van der Waals surface area (Å²) in [7, 11) is 0. The van der Waals surface area contributed by atoms with Crippen LogP contribution in [0.5, 0.6) is 5.75 Å². The van der Waals surface area contributed by atoms with Gasteiger partial charge >= 0.3 is 0 Å². The lowest BCUT2D eigenvalue weighted by Gasteiger charge is -2.03. The van der Waals surface area contributed by atoms with Crippen LogP contribution in [-0.2, 0) is 13.2 Å². The van der Waals surface area contributed by atoms with Crippen molar-refractivity contribution in [2.24, 2.45) is 0 Å². The van der Waals surface area contributed by atoms with Crippen molar-refractivity contribution in [1.82, 2.24) is 14.5 Å². The zero-order valence-corrected chi connectivity index (χ0v) is 15.6. The molecule has 8 heteroatoms. The molecular formula is C21H19N5O3. The zero-order chi connectivity index (χ0) is 19.9. The third-order valence-corrected chi connectivity index (χ3v) is 4.17. The smallest absolute Gasteiger partial charge is 0.266 e. The van der Waals surface area contributed by atoms with Crippen LogP contribution < -0.4 is 10.1 Å². The van der Waals surface area contributed by atoms with Crippen molar-refractivity contribution in [2.45, 2.75) is 19.6 Å². The lowest BCUT2D eigenvalue weighted by molar-refractivity contribution is 0.271. The summed E-state index contributed by atoms with van der Waals surface area (Å²) in [6.45, 7) is 1.74. The van der Waals surface area contributed by atoms with Crippen molar-refractivity contribution in [1.29, 1.82) is 5.26 Å². The third-order valence-electron chi connectivity index (χ3n) is 4.17. The molecule has 29 heavy (non-hydrogen) atoms. The minimum atomic E-state index is 0.195. The first kappa shape index (κ1) is 18.4. The average Bonchev–Trinajstić information content (AvgIpc) is 3.51. The normalized spacial score (nSPS) is 10.6. The van der Waals surface area contributed by atoms with Gasteiger partial charge in [0, 0.05) is 25.5 Å². The van der Waals surface area contributed by atoms with Crippen LogP contribution >= 0.6 is 0 Å². The lowest BCUT2D eigenvalue weighted by Crippen LogP contribution is -2.06. The van der Waals surface area contributed by atoms with E-state index in [1.165, 1.54) is 0 Å². The number of oxazole rings is 1. The van der Waals surface area contributed by atoms with E-state index in [1.807, 2.05) is 47.2 Å². The Labute approximate surface area is 167 Å². The highest BCUT2D eigenvalue weighted by atomic mass is 16.5. The molecule has 4 rings (SSSR count). The fourth-order valence-electron chi connectivity index (χ4n) is 2.75. The molecule has 0 fully saturated rings. The second-order valence-electron chi connectivity index (χ2n) is 6.26. The van der Waals surface area contributed by atoms with Crippen LogP contribution in [0.1, 0.15) is 17.9 Å². The van der Waals surface area contributed by atoms with Gasteiger partial charge in [0.15, 0.2) is 5.76 Å². The van der Waals surface area contributed by atoms with Crippen LogP contribution in [0.3, 0.4) is 0 Å². The summed E-state index contributed by atoms with van der Waals surface area (Å²) < 4.78 is 19.1. The quantitative estimate of drug-likeness (QED) is 0.430. The van der Waals surface area contributed by atoms with Crippen LogP contribution in [0.25, 0.3) is 11.7 Å². The van der Waals surface area contributed by atoms with Gasteiger partial charge in [-0.1, -0.05) is 18.2 Å². The molecule has 0 atom stereocenters. The first-order chi connectivity index (χ1) is 14.3. The number of nitrogens with zero attached hydrogens (tertiary/aromatic N) is 4. The monoisotopic (exact) mass is 389 g/mol. The average molecular weight is 389 g/mol. The first-order valence-corrected chi connectivity index (χ1v) is 9.19. The van der Waals surface area contributed by atoms with Crippen molar-refractivity contribution >= 4 is 5.88 Å². The molecule has 1 aromatic carbocycles. The fraction of sp³-hybridized carbons (Fsp3) is 0.190. The van der Waals surface area contributed by atoms with Crippen LogP contribution in [0, 0.1) is 11.3 Å². The predicted molar refractivity (Wildman–Crippen MR) is 105 cm³/mol. The highest BCUT2D eigenvalue weighted by Gasteiger charge is 2.17. The number of aromatic nitrogens is 3. The molecule has 0 aliphatic rings. The van der Waals surface area contributed by atoms with Gasteiger partial charge in [-0.05, 0) is 30.7 Å². The number of nitriles is 1. The molecule has 3 heterocycles. The molecule has 146 valence electrons. The molecule has 0 aliphatic carbocycles. The van der Waals surface area contributed by atoms with E-state index in [9.17, 15) is 5.26 Å². The van der Waals surface area contributed by atoms with Crippen LogP contribution in [0.4, 0.5) is 5.88 Å². The fourth-order valence-corrected chi connectivity index (χ4v) is 2.75. The Bertz CT molecular complexity index is 1080. The summed E-state index contributed by atoms with van der Waals surface area (Å²) in [6, 6.07) is 15.1. The number of aryl methyl sites for hydroxylation is 1. The molecule has 0 amide bonds. The lowest BCUT2D eigenvalue weighted by atomic mass is 10.3. The molecule has 4 aromatic rings. The van der Waals surface area contributed by atoms with Gasteiger partial charge in [-0.25, -0.2) is 4.98 Å². The van der Waals surface area contributed by atoms with E-state index in [0.717, 1.165) is 18.7 Å². The number of benzene rings is 1. The van der Waals surface area contributed by atoms with E-state index >= 15 is 0 Å². The topological polar surface area (TPSA) is 102 Å². The molecular weight excluding hydrogens is 370 g/mol. The van der Waals surface area contributed by atoms with E-state index in [0.29, 0.717) is 23.9 Å². The van der Waals surface area contributed by atoms with Gasteiger partial charge in [0.1, 0.15) is 24.2 Å². The van der Waals surface area contributed by atoms with Gasteiger partial charge in [0.2, 0.25) is 11.6 Å². The Morgan fingerprint density at radius 1 is 1.14 bits per heavy atom. The molecule has 0 bridgehead atoms. The largest absolute Gasteiger partial charge is 0.486 e.